The van der Waals surface area contributed by atoms with Crippen molar-refractivity contribution in [3.63, 3.8) is 0 Å². The highest BCUT2D eigenvalue weighted by molar-refractivity contribution is 5.85. The molecule has 20 heavy (non-hydrogen) atoms. The van der Waals surface area contributed by atoms with Gasteiger partial charge in [-0.1, -0.05) is 0 Å². The molecule has 0 spiro atoms. The molecule has 0 bridgehead atoms. The van der Waals surface area contributed by atoms with Gasteiger partial charge in [-0.05, 0) is 20.3 Å². The van der Waals surface area contributed by atoms with E-state index in [1.807, 2.05) is 0 Å². The molecule has 1 saturated heterocycles. The molecule has 1 fully saturated rings. The maximum atomic E-state index is 12.4. The van der Waals surface area contributed by atoms with E-state index in [1.54, 1.807) is 18.7 Å². The van der Waals surface area contributed by atoms with Gasteiger partial charge in [0, 0.05) is 19.1 Å². The van der Waals surface area contributed by atoms with Crippen molar-refractivity contribution in [2.24, 2.45) is 5.73 Å². The summed E-state index contributed by atoms with van der Waals surface area (Å²) in [5, 5.41) is 14.6. The number of carbonyl (C=O) groups is 1. The fourth-order valence-electron chi connectivity index (χ4n) is 2.17. The van der Waals surface area contributed by atoms with Crippen LogP contribution in [-0.2, 0) is 10.3 Å². The molecule has 1 aromatic heterocycles. The lowest BCUT2D eigenvalue weighted by Gasteiger charge is -2.29. The van der Waals surface area contributed by atoms with Crippen molar-refractivity contribution >= 4 is 24.0 Å². The molecule has 112 valence electrons. The van der Waals surface area contributed by atoms with Crippen molar-refractivity contribution in [3.05, 3.63) is 22.5 Å². The van der Waals surface area contributed by atoms with Crippen molar-refractivity contribution < 1.29 is 9.72 Å². The van der Waals surface area contributed by atoms with Gasteiger partial charge in [-0.2, -0.15) is 5.10 Å². The molecule has 0 unspecified atom stereocenters. The number of likely N-dealkylation sites (tertiary alicyclic amines) is 1. The SMILES string of the molecule is CC(C)(C(=O)N1CC[C@@H](N)C1)n1cc([N+](=O)[O-])cn1.Cl. The Morgan fingerprint density at radius 1 is 1.60 bits per heavy atom. The first-order chi connectivity index (χ1) is 8.82. The summed E-state index contributed by atoms with van der Waals surface area (Å²) in [6.07, 6.45) is 3.19. The van der Waals surface area contributed by atoms with Gasteiger partial charge in [0.1, 0.15) is 17.9 Å². The molecule has 1 atom stereocenters. The van der Waals surface area contributed by atoms with Gasteiger partial charge in [-0.15, -0.1) is 12.4 Å². The Bertz CT molecular complexity index is 516. The molecule has 0 aliphatic carbocycles. The van der Waals surface area contributed by atoms with Crippen LogP contribution in [0, 0.1) is 10.1 Å². The Labute approximate surface area is 122 Å². The maximum Gasteiger partial charge on any atom is 0.307 e. The molecule has 1 aliphatic rings. The molecule has 2 N–H and O–H groups in total. The molecule has 8 nitrogen and oxygen atoms in total. The highest BCUT2D eigenvalue weighted by Gasteiger charge is 2.37. The number of nitrogens with two attached hydrogens (primary N) is 1. The van der Waals surface area contributed by atoms with E-state index < -0.39 is 10.5 Å². The van der Waals surface area contributed by atoms with Gasteiger partial charge in [-0.3, -0.25) is 19.6 Å². The summed E-state index contributed by atoms with van der Waals surface area (Å²) in [5.41, 5.74) is 4.70. The average Bonchev–Trinajstić information content (AvgIpc) is 2.96. The minimum atomic E-state index is -0.960. The first-order valence-corrected chi connectivity index (χ1v) is 6.07. The third-order valence-corrected chi connectivity index (χ3v) is 3.39. The maximum absolute atomic E-state index is 12.4. The smallest absolute Gasteiger partial charge is 0.307 e. The number of aromatic nitrogens is 2. The molecule has 1 amide bonds. The van der Waals surface area contributed by atoms with Crippen LogP contribution in [-0.4, -0.2) is 44.6 Å². The predicted molar refractivity (Wildman–Crippen MR) is 74.6 cm³/mol. The zero-order valence-corrected chi connectivity index (χ0v) is 12.2. The van der Waals surface area contributed by atoms with Gasteiger partial charge in [0.15, 0.2) is 0 Å². The third-order valence-electron chi connectivity index (χ3n) is 3.39. The van der Waals surface area contributed by atoms with Crippen molar-refractivity contribution in [1.82, 2.24) is 14.7 Å². The van der Waals surface area contributed by atoms with E-state index in [1.165, 1.54) is 10.9 Å². The second-order valence-electron chi connectivity index (χ2n) is 5.26. The van der Waals surface area contributed by atoms with Crippen LogP contribution in [0.15, 0.2) is 12.4 Å². The van der Waals surface area contributed by atoms with Crippen LogP contribution in [0.3, 0.4) is 0 Å². The highest BCUT2D eigenvalue weighted by Crippen LogP contribution is 2.23. The predicted octanol–water partition coefficient (Wildman–Crippen LogP) is 0.508. The first-order valence-electron chi connectivity index (χ1n) is 6.07. The Morgan fingerprint density at radius 3 is 2.70 bits per heavy atom. The van der Waals surface area contributed by atoms with Crippen molar-refractivity contribution in [2.45, 2.75) is 31.8 Å². The number of hydrogen-bond acceptors (Lipinski definition) is 5. The Kier molecular flexibility index (Phi) is 4.72. The van der Waals surface area contributed by atoms with Crippen LogP contribution in [0.1, 0.15) is 20.3 Å². The van der Waals surface area contributed by atoms with Crippen LogP contribution in [0.2, 0.25) is 0 Å². The molecule has 2 heterocycles. The number of amides is 1. The molecule has 0 radical (unpaired) electrons. The standard InChI is InChI=1S/C11H17N5O3.ClH/c1-11(2,10(17)14-4-3-8(12)6-14)15-7-9(5-13-15)16(18)19;/h5,7-8H,3-4,6,12H2,1-2H3;1H/t8-;/m1./s1. The van der Waals surface area contributed by atoms with E-state index in [2.05, 4.69) is 5.10 Å². The first kappa shape index (κ1) is 16.4. The zero-order chi connectivity index (χ0) is 14.2. The second-order valence-corrected chi connectivity index (χ2v) is 5.26. The van der Waals surface area contributed by atoms with E-state index in [4.69, 9.17) is 5.73 Å². The average molecular weight is 304 g/mol. The van der Waals surface area contributed by atoms with E-state index in [0.29, 0.717) is 13.1 Å². The highest BCUT2D eigenvalue weighted by atomic mass is 35.5. The monoisotopic (exact) mass is 303 g/mol. The summed E-state index contributed by atoms with van der Waals surface area (Å²) in [6, 6.07) is 0.00621. The fourth-order valence-corrected chi connectivity index (χ4v) is 2.17. The minimum absolute atomic E-state index is 0. The number of hydrogen-bond donors (Lipinski definition) is 1. The second kappa shape index (κ2) is 5.76. The van der Waals surface area contributed by atoms with Gasteiger partial charge in [-0.25, -0.2) is 0 Å². The largest absolute Gasteiger partial charge is 0.339 e. The minimum Gasteiger partial charge on any atom is -0.339 e. The van der Waals surface area contributed by atoms with Crippen molar-refractivity contribution in [1.29, 1.82) is 0 Å². The van der Waals surface area contributed by atoms with Crippen LogP contribution >= 0.6 is 12.4 Å². The zero-order valence-electron chi connectivity index (χ0n) is 11.4. The fraction of sp³-hybridized carbons (Fsp3) is 0.636. The molecule has 0 saturated carbocycles. The summed E-state index contributed by atoms with van der Waals surface area (Å²) in [4.78, 5) is 24.2. The van der Waals surface area contributed by atoms with Gasteiger partial charge in [0.25, 0.3) is 0 Å². The normalized spacial score (nSPS) is 18.8. The number of nitrogens with zero attached hydrogens (tertiary/aromatic N) is 4. The van der Waals surface area contributed by atoms with E-state index >= 15 is 0 Å². The van der Waals surface area contributed by atoms with E-state index in [-0.39, 0.29) is 30.0 Å². The molecular formula is C11H18ClN5O3. The van der Waals surface area contributed by atoms with Crippen LogP contribution in [0.4, 0.5) is 5.69 Å². The van der Waals surface area contributed by atoms with E-state index in [9.17, 15) is 14.9 Å². The van der Waals surface area contributed by atoms with Gasteiger partial charge < -0.3 is 10.6 Å². The van der Waals surface area contributed by atoms with Gasteiger partial charge in [0.05, 0.1) is 4.92 Å². The summed E-state index contributed by atoms with van der Waals surface area (Å²) >= 11 is 0. The molecule has 9 heteroatoms. The van der Waals surface area contributed by atoms with Crippen LogP contribution in [0.25, 0.3) is 0 Å². The molecule has 1 aromatic rings. The quantitative estimate of drug-likeness (QED) is 0.646. The lowest BCUT2D eigenvalue weighted by molar-refractivity contribution is -0.385. The van der Waals surface area contributed by atoms with Crippen LogP contribution < -0.4 is 5.73 Å². The molecular weight excluding hydrogens is 286 g/mol. The van der Waals surface area contributed by atoms with Gasteiger partial charge >= 0.3 is 5.69 Å². The number of rotatable bonds is 3. The number of carbonyl (C=O) groups excluding carboxylic acids is 1. The summed E-state index contributed by atoms with van der Waals surface area (Å²) in [6.45, 7) is 4.52. The summed E-state index contributed by atoms with van der Waals surface area (Å²) in [7, 11) is 0. The Morgan fingerprint density at radius 2 is 2.25 bits per heavy atom. The van der Waals surface area contributed by atoms with Gasteiger partial charge in [0.2, 0.25) is 5.91 Å². The third kappa shape index (κ3) is 2.91. The van der Waals surface area contributed by atoms with E-state index in [0.717, 1.165) is 12.6 Å². The number of nitro groups is 1. The summed E-state index contributed by atoms with van der Waals surface area (Å²) in [5.74, 6) is -0.126. The lowest BCUT2D eigenvalue weighted by Crippen LogP contribution is -2.47. The van der Waals surface area contributed by atoms with Crippen molar-refractivity contribution in [3.8, 4) is 0 Å². The lowest BCUT2D eigenvalue weighted by atomic mass is 10.0. The van der Waals surface area contributed by atoms with Crippen molar-refractivity contribution in [2.75, 3.05) is 13.1 Å². The summed E-state index contributed by atoms with van der Waals surface area (Å²) < 4.78 is 1.33. The Hall–Kier alpha value is -1.67. The topological polar surface area (TPSA) is 107 Å². The molecule has 0 aromatic carbocycles. The van der Waals surface area contributed by atoms with Crippen LogP contribution in [0.5, 0.6) is 0 Å². The number of halogens is 1. The Balaban J connectivity index is 0.00000200. The molecule has 2 rings (SSSR count). The molecule has 1 aliphatic heterocycles.